The number of hydrogen-bond donors (Lipinski definition) is 1. The van der Waals surface area contributed by atoms with E-state index in [4.69, 9.17) is 0 Å². The third-order valence-corrected chi connectivity index (χ3v) is 4.69. The van der Waals surface area contributed by atoms with Gasteiger partial charge in [0.2, 0.25) is 0 Å². The second-order valence-electron chi connectivity index (χ2n) is 7.76. The first-order valence-corrected chi connectivity index (χ1v) is 8.51. The monoisotopic (exact) mass is 340 g/mol. The molecule has 23 heavy (non-hydrogen) atoms. The highest BCUT2D eigenvalue weighted by molar-refractivity contribution is 5.93. The van der Waals surface area contributed by atoms with Gasteiger partial charge in [-0.1, -0.05) is 0 Å². The predicted octanol–water partition coefficient (Wildman–Crippen LogP) is 2.66. The largest absolute Gasteiger partial charge is 0.338 e. The van der Waals surface area contributed by atoms with E-state index in [1.54, 1.807) is 6.20 Å². The van der Waals surface area contributed by atoms with Crippen molar-refractivity contribution in [3.05, 3.63) is 18.0 Å². The molecule has 6 heteroatoms. The first-order chi connectivity index (χ1) is 10.4. The van der Waals surface area contributed by atoms with Crippen LogP contribution < -0.4 is 5.32 Å². The molecule has 5 nitrogen and oxygen atoms in total. The fraction of sp³-hybridized carbons (Fsp3) is 0.765. The van der Waals surface area contributed by atoms with Gasteiger partial charge in [-0.15, -0.1) is 12.4 Å². The van der Waals surface area contributed by atoms with E-state index in [0.717, 1.165) is 38.4 Å². The Morgan fingerprint density at radius 3 is 2.43 bits per heavy atom. The Balaban J connectivity index is 0.00000192. The normalized spacial score (nSPS) is 19.5. The fourth-order valence-corrected chi connectivity index (χ4v) is 2.92. The molecule has 0 atom stereocenters. The van der Waals surface area contributed by atoms with Gasteiger partial charge >= 0.3 is 0 Å². The molecule has 0 aromatic carbocycles. The maximum absolute atomic E-state index is 12.6. The van der Waals surface area contributed by atoms with Crippen molar-refractivity contribution in [2.45, 2.75) is 58.0 Å². The summed E-state index contributed by atoms with van der Waals surface area (Å²) in [5.41, 5.74) is 0.623. The Kier molecular flexibility index (Phi) is 5.74. The Morgan fingerprint density at radius 1 is 1.26 bits per heavy atom. The van der Waals surface area contributed by atoms with E-state index >= 15 is 0 Å². The molecule has 0 bridgehead atoms. The Bertz CT molecular complexity index is 525. The second kappa shape index (κ2) is 7.22. The van der Waals surface area contributed by atoms with Gasteiger partial charge in [0, 0.05) is 25.3 Å². The van der Waals surface area contributed by atoms with Crippen LogP contribution in [0.25, 0.3) is 0 Å². The quantitative estimate of drug-likeness (QED) is 0.916. The first kappa shape index (κ1) is 18.3. The van der Waals surface area contributed by atoms with Crippen LogP contribution in [0.15, 0.2) is 12.4 Å². The van der Waals surface area contributed by atoms with Crippen molar-refractivity contribution < 1.29 is 4.79 Å². The van der Waals surface area contributed by atoms with Gasteiger partial charge in [0.1, 0.15) is 0 Å². The van der Waals surface area contributed by atoms with Crippen LogP contribution in [0.3, 0.4) is 0 Å². The summed E-state index contributed by atoms with van der Waals surface area (Å²) in [6.45, 7) is 9.13. The minimum absolute atomic E-state index is 0. The van der Waals surface area contributed by atoms with Crippen molar-refractivity contribution in [3.63, 3.8) is 0 Å². The van der Waals surface area contributed by atoms with Crippen LogP contribution in [0.4, 0.5) is 0 Å². The van der Waals surface area contributed by atoms with Gasteiger partial charge in [0.25, 0.3) is 5.91 Å². The van der Waals surface area contributed by atoms with Gasteiger partial charge in [-0.25, -0.2) is 0 Å². The number of carbonyl (C=O) groups is 1. The Hall–Kier alpha value is -1.07. The number of hydrogen-bond acceptors (Lipinski definition) is 3. The maximum Gasteiger partial charge on any atom is 0.257 e. The molecule has 2 aliphatic rings. The van der Waals surface area contributed by atoms with E-state index in [2.05, 4.69) is 31.2 Å². The van der Waals surface area contributed by atoms with Crippen LogP contribution in [0, 0.1) is 5.92 Å². The van der Waals surface area contributed by atoms with Gasteiger partial charge in [0.05, 0.1) is 17.3 Å². The molecular weight excluding hydrogens is 312 g/mol. The zero-order valence-corrected chi connectivity index (χ0v) is 15.2. The standard InChI is InChI=1S/C17H28N4O.ClH/c1-17(2,3)21-12-14(11-19-21)16(22)20-8-6-15(7-9-20)18-10-13-4-5-13;/h11-13,15,18H,4-10H2,1-3H3;1H. The Morgan fingerprint density at radius 2 is 1.91 bits per heavy atom. The average molecular weight is 341 g/mol. The van der Waals surface area contributed by atoms with Crippen LogP contribution >= 0.6 is 12.4 Å². The van der Waals surface area contributed by atoms with Crippen LogP contribution in [0.5, 0.6) is 0 Å². The first-order valence-electron chi connectivity index (χ1n) is 8.51. The molecule has 0 unspecified atom stereocenters. The number of rotatable bonds is 4. The molecule has 1 saturated carbocycles. The molecule has 0 radical (unpaired) electrons. The number of halogens is 1. The number of nitrogens with zero attached hydrogens (tertiary/aromatic N) is 3. The number of aromatic nitrogens is 2. The summed E-state index contributed by atoms with van der Waals surface area (Å²) in [4.78, 5) is 14.5. The van der Waals surface area contributed by atoms with Gasteiger partial charge in [-0.3, -0.25) is 9.48 Å². The molecule has 130 valence electrons. The molecule has 2 fully saturated rings. The summed E-state index contributed by atoms with van der Waals surface area (Å²) in [5, 5.41) is 7.98. The molecule has 1 saturated heterocycles. The summed E-state index contributed by atoms with van der Waals surface area (Å²) in [5.74, 6) is 1.04. The van der Waals surface area contributed by atoms with E-state index in [0.29, 0.717) is 11.6 Å². The molecule has 1 N–H and O–H groups in total. The van der Waals surface area contributed by atoms with Crippen LogP contribution in [0.1, 0.15) is 56.8 Å². The summed E-state index contributed by atoms with van der Waals surface area (Å²) in [6.07, 6.45) is 8.48. The molecule has 1 aromatic rings. The average Bonchev–Trinajstić information content (AvgIpc) is 3.17. The Labute approximate surface area is 145 Å². The molecule has 1 aromatic heterocycles. The fourth-order valence-electron chi connectivity index (χ4n) is 2.92. The number of amides is 1. The third kappa shape index (κ3) is 4.70. The lowest BCUT2D eigenvalue weighted by Crippen LogP contribution is -2.45. The molecule has 1 aliphatic carbocycles. The lowest BCUT2D eigenvalue weighted by molar-refractivity contribution is 0.0705. The number of nitrogens with one attached hydrogen (secondary N) is 1. The lowest BCUT2D eigenvalue weighted by Gasteiger charge is -2.32. The summed E-state index contributed by atoms with van der Waals surface area (Å²) < 4.78 is 1.87. The zero-order valence-electron chi connectivity index (χ0n) is 14.4. The maximum atomic E-state index is 12.6. The predicted molar refractivity (Wildman–Crippen MR) is 94.1 cm³/mol. The van der Waals surface area contributed by atoms with E-state index < -0.39 is 0 Å². The highest BCUT2D eigenvalue weighted by Crippen LogP contribution is 2.28. The van der Waals surface area contributed by atoms with E-state index in [9.17, 15) is 4.79 Å². The lowest BCUT2D eigenvalue weighted by atomic mass is 10.0. The van der Waals surface area contributed by atoms with Crippen molar-refractivity contribution in [2.24, 2.45) is 5.92 Å². The summed E-state index contributed by atoms with van der Waals surface area (Å²) in [7, 11) is 0. The SMILES string of the molecule is CC(C)(C)n1cc(C(=O)N2CCC(NCC3CC3)CC2)cn1.Cl. The molecular formula is C17H29ClN4O. The second-order valence-corrected chi connectivity index (χ2v) is 7.76. The van der Waals surface area contributed by atoms with Gasteiger partial charge in [-0.2, -0.15) is 5.10 Å². The van der Waals surface area contributed by atoms with Crippen molar-refractivity contribution >= 4 is 18.3 Å². The third-order valence-electron chi connectivity index (χ3n) is 4.69. The van der Waals surface area contributed by atoms with Crippen LogP contribution in [0.2, 0.25) is 0 Å². The number of likely N-dealkylation sites (tertiary alicyclic amines) is 1. The van der Waals surface area contributed by atoms with Crippen molar-refractivity contribution in [1.82, 2.24) is 20.0 Å². The molecule has 2 heterocycles. The minimum Gasteiger partial charge on any atom is -0.338 e. The molecule has 0 spiro atoms. The summed E-state index contributed by atoms with van der Waals surface area (Å²) in [6, 6.07) is 0.585. The smallest absolute Gasteiger partial charge is 0.257 e. The number of carbonyl (C=O) groups excluding carboxylic acids is 1. The topological polar surface area (TPSA) is 50.2 Å². The summed E-state index contributed by atoms with van der Waals surface area (Å²) >= 11 is 0. The van der Waals surface area contributed by atoms with Crippen molar-refractivity contribution in [2.75, 3.05) is 19.6 Å². The zero-order chi connectivity index (χ0) is 15.7. The van der Waals surface area contributed by atoms with Gasteiger partial charge in [-0.05, 0) is 58.9 Å². The van der Waals surface area contributed by atoms with E-state index in [-0.39, 0.29) is 23.9 Å². The van der Waals surface area contributed by atoms with Gasteiger partial charge in [0.15, 0.2) is 0 Å². The highest BCUT2D eigenvalue weighted by atomic mass is 35.5. The van der Waals surface area contributed by atoms with Crippen molar-refractivity contribution in [1.29, 1.82) is 0 Å². The van der Waals surface area contributed by atoms with Crippen LogP contribution in [-0.2, 0) is 5.54 Å². The molecule has 3 rings (SSSR count). The minimum atomic E-state index is -0.0851. The molecule has 1 amide bonds. The number of piperidine rings is 1. The van der Waals surface area contributed by atoms with E-state index in [1.807, 2.05) is 15.8 Å². The van der Waals surface area contributed by atoms with E-state index in [1.165, 1.54) is 12.8 Å². The van der Waals surface area contributed by atoms with Gasteiger partial charge < -0.3 is 10.2 Å². The van der Waals surface area contributed by atoms with Crippen molar-refractivity contribution in [3.8, 4) is 0 Å². The highest BCUT2D eigenvalue weighted by Gasteiger charge is 2.27. The van der Waals surface area contributed by atoms with Crippen LogP contribution in [-0.4, -0.2) is 46.3 Å². The molecule has 1 aliphatic heterocycles.